The van der Waals surface area contributed by atoms with E-state index in [2.05, 4.69) is 37.5 Å². The average Bonchev–Trinajstić information content (AvgIpc) is 3.02. The minimum Gasteiger partial charge on any atom is -0.496 e. The van der Waals surface area contributed by atoms with Crippen LogP contribution in [0.4, 0.5) is 0 Å². The standard InChI is InChI=1S/C17H25NO/c1-11-8-14(6-7-16(11)19-3)17(18-2)15-10-12-4-5-13(15)9-12/h6-8,12-13,15,17-18H,4-5,9-10H2,1-3H3. The molecule has 4 atom stereocenters. The predicted molar refractivity (Wildman–Crippen MR) is 78.5 cm³/mol. The van der Waals surface area contributed by atoms with E-state index in [9.17, 15) is 0 Å². The monoisotopic (exact) mass is 259 g/mol. The molecule has 0 heterocycles. The van der Waals surface area contributed by atoms with Crippen LogP contribution in [0.25, 0.3) is 0 Å². The van der Waals surface area contributed by atoms with Gasteiger partial charge in [0, 0.05) is 6.04 Å². The first-order valence-corrected chi connectivity index (χ1v) is 7.54. The minimum atomic E-state index is 0.514. The highest BCUT2D eigenvalue weighted by molar-refractivity contribution is 5.37. The maximum absolute atomic E-state index is 5.37. The Morgan fingerprint density at radius 2 is 2.11 bits per heavy atom. The van der Waals surface area contributed by atoms with Gasteiger partial charge in [-0.3, -0.25) is 0 Å². The van der Waals surface area contributed by atoms with E-state index in [0.29, 0.717) is 6.04 Å². The summed E-state index contributed by atoms with van der Waals surface area (Å²) in [6.45, 7) is 2.13. The Kier molecular flexibility index (Phi) is 3.53. The summed E-state index contributed by atoms with van der Waals surface area (Å²) in [5, 5.41) is 3.57. The van der Waals surface area contributed by atoms with Crippen molar-refractivity contribution in [3.8, 4) is 5.75 Å². The molecule has 1 N–H and O–H groups in total. The number of hydrogen-bond acceptors (Lipinski definition) is 2. The van der Waals surface area contributed by atoms with Crippen LogP contribution < -0.4 is 10.1 Å². The summed E-state index contributed by atoms with van der Waals surface area (Å²) >= 11 is 0. The lowest BCUT2D eigenvalue weighted by atomic mass is 9.80. The highest BCUT2D eigenvalue weighted by atomic mass is 16.5. The van der Waals surface area contributed by atoms with Gasteiger partial charge in [-0.2, -0.15) is 0 Å². The van der Waals surface area contributed by atoms with Gasteiger partial charge in [-0.05, 0) is 68.2 Å². The molecule has 2 saturated carbocycles. The van der Waals surface area contributed by atoms with Crippen molar-refractivity contribution >= 4 is 0 Å². The third-order valence-corrected chi connectivity index (χ3v) is 5.31. The third kappa shape index (κ3) is 2.27. The molecule has 2 bridgehead atoms. The quantitative estimate of drug-likeness (QED) is 0.890. The molecule has 2 nitrogen and oxygen atoms in total. The van der Waals surface area contributed by atoms with E-state index in [-0.39, 0.29) is 0 Å². The van der Waals surface area contributed by atoms with Crippen LogP contribution in [-0.4, -0.2) is 14.2 Å². The lowest BCUT2D eigenvalue weighted by Crippen LogP contribution is -2.29. The molecule has 3 rings (SSSR count). The Hall–Kier alpha value is -1.02. The molecule has 2 heteroatoms. The van der Waals surface area contributed by atoms with Crippen LogP contribution in [0.15, 0.2) is 18.2 Å². The fraction of sp³-hybridized carbons (Fsp3) is 0.647. The van der Waals surface area contributed by atoms with Gasteiger partial charge in [-0.15, -0.1) is 0 Å². The zero-order chi connectivity index (χ0) is 13.4. The van der Waals surface area contributed by atoms with Gasteiger partial charge < -0.3 is 10.1 Å². The number of hydrogen-bond donors (Lipinski definition) is 1. The van der Waals surface area contributed by atoms with Crippen molar-refractivity contribution in [2.45, 2.75) is 38.6 Å². The molecule has 2 aliphatic rings. The molecule has 0 saturated heterocycles. The van der Waals surface area contributed by atoms with Gasteiger partial charge in [0.2, 0.25) is 0 Å². The second-order valence-corrected chi connectivity index (χ2v) is 6.33. The molecule has 104 valence electrons. The largest absolute Gasteiger partial charge is 0.496 e. The molecule has 0 spiro atoms. The molecule has 0 amide bonds. The number of nitrogens with one attached hydrogen (secondary N) is 1. The number of fused-ring (bicyclic) bond motifs is 2. The Balaban J connectivity index is 1.84. The molecule has 0 radical (unpaired) electrons. The predicted octanol–water partition coefficient (Wildman–Crippen LogP) is 3.70. The summed E-state index contributed by atoms with van der Waals surface area (Å²) in [4.78, 5) is 0. The second kappa shape index (κ2) is 5.16. The van der Waals surface area contributed by atoms with Crippen molar-refractivity contribution in [3.63, 3.8) is 0 Å². The van der Waals surface area contributed by atoms with Crippen molar-refractivity contribution in [1.29, 1.82) is 0 Å². The van der Waals surface area contributed by atoms with Crippen LogP contribution >= 0.6 is 0 Å². The first-order valence-electron chi connectivity index (χ1n) is 7.54. The zero-order valence-corrected chi connectivity index (χ0v) is 12.3. The summed E-state index contributed by atoms with van der Waals surface area (Å²) in [6.07, 6.45) is 5.81. The van der Waals surface area contributed by atoms with E-state index in [1.807, 2.05) is 0 Å². The first kappa shape index (κ1) is 13.0. The van der Waals surface area contributed by atoms with Crippen LogP contribution in [0, 0.1) is 24.7 Å². The average molecular weight is 259 g/mol. The SMILES string of the molecule is CNC(c1ccc(OC)c(C)c1)C1CC2CCC1C2. The maximum atomic E-state index is 5.37. The van der Waals surface area contributed by atoms with Crippen molar-refractivity contribution in [3.05, 3.63) is 29.3 Å². The minimum absolute atomic E-state index is 0.514. The molecule has 19 heavy (non-hydrogen) atoms. The van der Waals surface area contributed by atoms with Gasteiger partial charge in [0.1, 0.15) is 5.75 Å². The fourth-order valence-electron chi connectivity index (χ4n) is 4.43. The van der Waals surface area contributed by atoms with Gasteiger partial charge in [0.15, 0.2) is 0 Å². The molecule has 4 unspecified atom stereocenters. The van der Waals surface area contributed by atoms with E-state index in [0.717, 1.165) is 23.5 Å². The molecular formula is C17H25NO. The number of ether oxygens (including phenoxy) is 1. The van der Waals surface area contributed by atoms with Gasteiger partial charge >= 0.3 is 0 Å². The van der Waals surface area contributed by atoms with Crippen LogP contribution in [0.3, 0.4) is 0 Å². The summed E-state index contributed by atoms with van der Waals surface area (Å²) in [6, 6.07) is 7.16. The number of benzene rings is 1. The highest BCUT2D eigenvalue weighted by Gasteiger charge is 2.43. The van der Waals surface area contributed by atoms with Gasteiger partial charge in [0.25, 0.3) is 0 Å². The molecule has 1 aromatic rings. The van der Waals surface area contributed by atoms with Crippen LogP contribution in [0.1, 0.15) is 42.9 Å². The molecule has 2 aliphatic carbocycles. The topological polar surface area (TPSA) is 21.3 Å². The highest BCUT2D eigenvalue weighted by Crippen LogP contribution is 2.52. The Morgan fingerprint density at radius 3 is 2.63 bits per heavy atom. The van der Waals surface area contributed by atoms with E-state index in [1.54, 1.807) is 7.11 Å². The van der Waals surface area contributed by atoms with Crippen molar-refractivity contribution in [1.82, 2.24) is 5.32 Å². The normalized spacial score (nSPS) is 30.6. The lowest BCUT2D eigenvalue weighted by Gasteiger charge is -2.31. The van der Waals surface area contributed by atoms with Gasteiger partial charge in [0.05, 0.1) is 7.11 Å². The van der Waals surface area contributed by atoms with Crippen LogP contribution in [0.2, 0.25) is 0 Å². The maximum Gasteiger partial charge on any atom is 0.121 e. The zero-order valence-electron chi connectivity index (χ0n) is 12.3. The van der Waals surface area contributed by atoms with Crippen molar-refractivity contribution in [2.24, 2.45) is 17.8 Å². The van der Waals surface area contributed by atoms with Crippen molar-refractivity contribution < 1.29 is 4.74 Å². The summed E-state index contributed by atoms with van der Waals surface area (Å²) in [5.74, 6) is 3.78. The number of methoxy groups -OCH3 is 1. The molecule has 2 fully saturated rings. The van der Waals surface area contributed by atoms with E-state index >= 15 is 0 Å². The number of aryl methyl sites for hydroxylation is 1. The number of rotatable bonds is 4. The lowest BCUT2D eigenvalue weighted by molar-refractivity contribution is 0.259. The smallest absolute Gasteiger partial charge is 0.121 e. The van der Waals surface area contributed by atoms with Crippen LogP contribution in [-0.2, 0) is 0 Å². The summed E-state index contributed by atoms with van der Waals surface area (Å²) in [7, 11) is 3.85. The second-order valence-electron chi connectivity index (χ2n) is 6.33. The molecule has 1 aromatic carbocycles. The molecule has 0 aliphatic heterocycles. The Morgan fingerprint density at radius 1 is 1.26 bits per heavy atom. The molecular weight excluding hydrogens is 234 g/mol. The van der Waals surface area contributed by atoms with Gasteiger partial charge in [-0.25, -0.2) is 0 Å². The van der Waals surface area contributed by atoms with Crippen molar-refractivity contribution in [2.75, 3.05) is 14.2 Å². The Bertz CT molecular complexity index is 457. The summed E-state index contributed by atoms with van der Waals surface area (Å²) in [5.41, 5.74) is 2.67. The van der Waals surface area contributed by atoms with E-state index in [1.165, 1.54) is 36.8 Å². The Labute approximate surface area is 116 Å². The fourth-order valence-corrected chi connectivity index (χ4v) is 4.43. The van der Waals surface area contributed by atoms with E-state index in [4.69, 9.17) is 4.74 Å². The third-order valence-electron chi connectivity index (χ3n) is 5.31. The van der Waals surface area contributed by atoms with Crippen LogP contribution in [0.5, 0.6) is 5.75 Å². The summed E-state index contributed by atoms with van der Waals surface area (Å²) < 4.78 is 5.37. The first-order chi connectivity index (χ1) is 9.22. The van der Waals surface area contributed by atoms with E-state index < -0.39 is 0 Å². The van der Waals surface area contributed by atoms with Gasteiger partial charge in [-0.1, -0.05) is 18.6 Å². The molecule has 0 aromatic heterocycles.